The van der Waals surface area contributed by atoms with Crippen molar-refractivity contribution in [3.8, 4) is 0 Å². The second-order valence-corrected chi connectivity index (χ2v) is 11.9. The first-order valence-corrected chi connectivity index (χ1v) is 14.7. The van der Waals surface area contributed by atoms with E-state index in [-0.39, 0.29) is 41.6 Å². The Bertz CT molecular complexity index is 1190. The van der Waals surface area contributed by atoms with Crippen molar-refractivity contribution in [3.05, 3.63) is 65.5 Å². The number of halogens is 1. The average Bonchev–Trinajstić information content (AvgIpc) is 3.65. The third-order valence-electron chi connectivity index (χ3n) is 7.22. The topological polar surface area (TPSA) is 96.0 Å². The average molecular weight is 546 g/mol. The van der Waals surface area contributed by atoms with Crippen LogP contribution < -0.4 is 5.32 Å². The lowest BCUT2D eigenvalue weighted by atomic mass is 10.1. The lowest BCUT2D eigenvalue weighted by molar-refractivity contribution is -0.140. The maximum absolute atomic E-state index is 13.4. The van der Waals surface area contributed by atoms with Gasteiger partial charge in [-0.05, 0) is 74.4 Å². The molecule has 2 unspecified atom stereocenters. The van der Waals surface area contributed by atoms with E-state index in [0.29, 0.717) is 32.7 Å². The second-order valence-electron chi connectivity index (χ2n) is 9.96. The highest BCUT2D eigenvalue weighted by molar-refractivity contribution is 7.89. The summed E-state index contributed by atoms with van der Waals surface area (Å²) in [6, 6.07) is 11.8. The fourth-order valence-electron chi connectivity index (χ4n) is 4.84. The van der Waals surface area contributed by atoms with E-state index >= 15 is 0 Å². The van der Waals surface area contributed by atoms with E-state index in [1.165, 1.54) is 21.3 Å². The lowest BCUT2D eigenvalue weighted by Gasteiger charge is -2.29. The minimum Gasteiger partial charge on any atom is -0.376 e. The maximum Gasteiger partial charge on any atom is 0.243 e. The smallest absolute Gasteiger partial charge is 0.243 e. The van der Waals surface area contributed by atoms with Crippen LogP contribution in [0.3, 0.4) is 0 Å². The fourth-order valence-corrected chi connectivity index (χ4v) is 6.35. The van der Waals surface area contributed by atoms with Crippen molar-refractivity contribution in [1.29, 1.82) is 0 Å². The van der Waals surface area contributed by atoms with E-state index in [4.69, 9.17) is 4.74 Å². The minimum absolute atomic E-state index is 0.00958. The SMILES string of the molecule is CC(C(=O)NCC1CCCO1)N(Cc1ccc(F)cc1)C(=O)CCc1ccc(S(=O)(=O)N2CCCC2)cc1. The Morgan fingerprint density at radius 2 is 1.71 bits per heavy atom. The Kier molecular flexibility index (Phi) is 9.51. The third-order valence-corrected chi connectivity index (χ3v) is 9.13. The molecule has 2 amide bonds. The highest BCUT2D eigenvalue weighted by Crippen LogP contribution is 2.22. The van der Waals surface area contributed by atoms with Crippen LogP contribution in [0.4, 0.5) is 4.39 Å². The van der Waals surface area contributed by atoms with Gasteiger partial charge in [-0.1, -0.05) is 24.3 Å². The van der Waals surface area contributed by atoms with Gasteiger partial charge < -0.3 is 15.0 Å². The van der Waals surface area contributed by atoms with Crippen LogP contribution in [0.25, 0.3) is 0 Å². The quantitative estimate of drug-likeness (QED) is 0.468. The van der Waals surface area contributed by atoms with Crippen LogP contribution in [0.15, 0.2) is 53.4 Å². The molecule has 2 aliphatic rings. The number of benzene rings is 2. The van der Waals surface area contributed by atoms with Crippen molar-refractivity contribution in [2.75, 3.05) is 26.2 Å². The molecule has 2 atom stereocenters. The molecule has 0 bridgehead atoms. The van der Waals surface area contributed by atoms with Crippen LogP contribution in [0.5, 0.6) is 0 Å². The van der Waals surface area contributed by atoms with E-state index in [2.05, 4.69) is 5.32 Å². The molecule has 38 heavy (non-hydrogen) atoms. The standard InChI is InChI=1S/C28H36FN3O5S/c1-21(28(34)30-19-25-5-4-18-37-25)32(20-23-6-11-24(29)12-7-23)27(33)15-10-22-8-13-26(14-9-22)38(35,36)31-16-2-3-17-31/h6-9,11-14,21,25H,2-5,10,15-20H2,1H3,(H,30,34). The van der Waals surface area contributed by atoms with Crippen LogP contribution in [0, 0.1) is 5.82 Å². The predicted octanol–water partition coefficient (Wildman–Crippen LogP) is 3.26. The monoisotopic (exact) mass is 545 g/mol. The van der Waals surface area contributed by atoms with Crippen LogP contribution in [0.2, 0.25) is 0 Å². The molecule has 2 fully saturated rings. The molecule has 0 aromatic heterocycles. The van der Waals surface area contributed by atoms with Crippen LogP contribution in [-0.2, 0) is 37.3 Å². The first-order chi connectivity index (χ1) is 18.2. The molecule has 0 radical (unpaired) electrons. The Balaban J connectivity index is 1.40. The summed E-state index contributed by atoms with van der Waals surface area (Å²) in [4.78, 5) is 28.0. The number of nitrogens with one attached hydrogen (secondary N) is 1. The van der Waals surface area contributed by atoms with Gasteiger partial charge in [-0.25, -0.2) is 12.8 Å². The van der Waals surface area contributed by atoms with Crippen molar-refractivity contribution in [2.45, 2.75) is 69.0 Å². The molecular formula is C28H36FN3O5S. The highest BCUT2D eigenvalue weighted by Gasteiger charge is 2.28. The number of rotatable bonds is 11. The first kappa shape index (κ1) is 28.2. The van der Waals surface area contributed by atoms with Gasteiger partial charge in [0.15, 0.2) is 0 Å². The third kappa shape index (κ3) is 7.18. The highest BCUT2D eigenvalue weighted by atomic mass is 32.2. The molecule has 2 aromatic rings. The largest absolute Gasteiger partial charge is 0.376 e. The summed E-state index contributed by atoms with van der Waals surface area (Å²) < 4.78 is 46.0. The summed E-state index contributed by atoms with van der Waals surface area (Å²) in [6.07, 6.45) is 4.14. The zero-order chi connectivity index (χ0) is 27.1. The summed E-state index contributed by atoms with van der Waals surface area (Å²) in [6.45, 7) is 4.03. The normalized spacial score (nSPS) is 18.8. The fraction of sp³-hybridized carbons (Fsp3) is 0.500. The molecule has 10 heteroatoms. The van der Waals surface area contributed by atoms with Gasteiger partial charge in [0.25, 0.3) is 0 Å². The molecule has 2 aromatic carbocycles. The number of hydrogen-bond acceptors (Lipinski definition) is 5. The number of hydrogen-bond donors (Lipinski definition) is 1. The van der Waals surface area contributed by atoms with Gasteiger partial charge in [-0.15, -0.1) is 0 Å². The van der Waals surface area contributed by atoms with Gasteiger partial charge in [-0.3, -0.25) is 9.59 Å². The Morgan fingerprint density at radius 1 is 1.05 bits per heavy atom. The maximum atomic E-state index is 13.4. The Morgan fingerprint density at radius 3 is 2.34 bits per heavy atom. The summed E-state index contributed by atoms with van der Waals surface area (Å²) in [5.74, 6) is -0.862. The van der Waals surface area contributed by atoms with Crippen LogP contribution in [-0.4, -0.2) is 67.8 Å². The molecule has 2 saturated heterocycles. The van der Waals surface area contributed by atoms with Crippen molar-refractivity contribution in [1.82, 2.24) is 14.5 Å². The Hall–Kier alpha value is -2.82. The number of ether oxygens (including phenoxy) is 1. The molecule has 8 nitrogen and oxygen atoms in total. The molecule has 1 N–H and O–H groups in total. The molecule has 2 heterocycles. The number of nitrogens with zero attached hydrogens (tertiary/aromatic N) is 2. The molecule has 0 spiro atoms. The molecular weight excluding hydrogens is 509 g/mol. The minimum atomic E-state index is -3.49. The van der Waals surface area contributed by atoms with Gasteiger partial charge in [0.1, 0.15) is 11.9 Å². The first-order valence-electron chi connectivity index (χ1n) is 13.3. The van der Waals surface area contributed by atoms with Crippen molar-refractivity contribution in [2.24, 2.45) is 0 Å². The van der Waals surface area contributed by atoms with Gasteiger partial charge in [0.2, 0.25) is 21.8 Å². The van der Waals surface area contributed by atoms with Crippen molar-refractivity contribution < 1.29 is 27.1 Å². The number of carbonyl (C=O) groups excluding carboxylic acids is 2. The van der Waals surface area contributed by atoms with Crippen molar-refractivity contribution >= 4 is 21.8 Å². The molecule has 206 valence electrons. The lowest BCUT2D eigenvalue weighted by Crippen LogP contribution is -2.49. The molecule has 4 rings (SSSR count). The van der Waals surface area contributed by atoms with E-state index in [0.717, 1.165) is 36.8 Å². The van der Waals surface area contributed by atoms with E-state index in [1.54, 1.807) is 43.3 Å². The van der Waals surface area contributed by atoms with E-state index in [1.807, 2.05) is 0 Å². The zero-order valence-electron chi connectivity index (χ0n) is 21.8. The van der Waals surface area contributed by atoms with Gasteiger partial charge in [0, 0.05) is 39.2 Å². The summed E-state index contributed by atoms with van der Waals surface area (Å²) in [5, 5.41) is 2.89. The molecule has 0 aliphatic carbocycles. The summed E-state index contributed by atoms with van der Waals surface area (Å²) in [5.41, 5.74) is 1.55. The number of sulfonamides is 1. The Labute approximate surface area is 224 Å². The van der Waals surface area contributed by atoms with E-state index < -0.39 is 16.1 Å². The zero-order valence-corrected chi connectivity index (χ0v) is 22.6. The van der Waals surface area contributed by atoms with E-state index in [9.17, 15) is 22.4 Å². The van der Waals surface area contributed by atoms with Crippen molar-refractivity contribution in [3.63, 3.8) is 0 Å². The second kappa shape index (κ2) is 12.8. The van der Waals surface area contributed by atoms with Gasteiger partial charge in [0.05, 0.1) is 11.0 Å². The summed E-state index contributed by atoms with van der Waals surface area (Å²) in [7, 11) is -3.49. The number of carbonyl (C=O) groups is 2. The molecule has 2 aliphatic heterocycles. The van der Waals surface area contributed by atoms with Crippen LogP contribution in [0.1, 0.15) is 50.2 Å². The number of aryl methyl sites for hydroxylation is 1. The summed E-state index contributed by atoms with van der Waals surface area (Å²) >= 11 is 0. The predicted molar refractivity (Wildman–Crippen MR) is 141 cm³/mol. The molecule has 0 saturated carbocycles. The van der Waals surface area contributed by atoms with Gasteiger partial charge >= 0.3 is 0 Å². The van der Waals surface area contributed by atoms with Crippen LogP contribution >= 0.6 is 0 Å². The van der Waals surface area contributed by atoms with Gasteiger partial charge in [-0.2, -0.15) is 4.31 Å². The number of amides is 2.